The highest BCUT2D eigenvalue weighted by Crippen LogP contribution is 2.22. The van der Waals surface area contributed by atoms with Gasteiger partial charge in [-0.15, -0.1) is 0 Å². The summed E-state index contributed by atoms with van der Waals surface area (Å²) < 4.78 is 6.67. The number of quaternary nitrogens is 2. The van der Waals surface area contributed by atoms with Crippen LogP contribution in [-0.4, -0.2) is 103 Å². The predicted molar refractivity (Wildman–Crippen MR) is 221 cm³/mol. The van der Waals surface area contributed by atoms with Crippen molar-refractivity contribution >= 4 is 57.3 Å². The van der Waals surface area contributed by atoms with Crippen LogP contribution in [0.4, 0.5) is 11.4 Å². The number of anilines is 2. The molecule has 4 rings (SSSR count). The highest BCUT2D eigenvalue weighted by atomic mass is 33.1. The molecule has 2 heterocycles. The molecule has 0 atom stereocenters. The van der Waals surface area contributed by atoms with Crippen molar-refractivity contribution in [2.24, 2.45) is 0 Å². The first kappa shape index (κ1) is 39.2. The van der Waals surface area contributed by atoms with Gasteiger partial charge in [0, 0.05) is 63.8 Å². The van der Waals surface area contributed by atoms with Crippen LogP contribution in [0, 0.1) is 0 Å². The van der Waals surface area contributed by atoms with Gasteiger partial charge in [-0.25, -0.2) is 0 Å². The van der Waals surface area contributed by atoms with Crippen molar-refractivity contribution in [2.45, 2.75) is 13.1 Å². The van der Waals surface area contributed by atoms with E-state index in [0.717, 1.165) is 35.1 Å². The van der Waals surface area contributed by atoms with Crippen LogP contribution in [0.2, 0.25) is 0 Å². The second kappa shape index (κ2) is 19.2. The Morgan fingerprint density at radius 1 is 0.460 bits per heavy atom. The minimum Gasteiger partial charge on any atom is -0.378 e. The maximum Gasteiger partial charge on any atom is 0.196 e. The van der Waals surface area contributed by atoms with Crippen LogP contribution in [0.15, 0.2) is 97.6 Å². The number of hydrogen-bond donors (Lipinski definition) is 0. The first-order valence-electron chi connectivity index (χ1n) is 17.7. The standard InChI is InChI=1S/C42H60N6S2/c1-43(2)41-17-13-37(14-18-41)9-11-39-21-25-45(26-22-39)29-31-47(5,6)33-35-49-50-36-34-48(7,8)32-30-46-27-23-40(24-28-46)12-10-38-15-19-42(20-16-38)44(3)4/h9-28H,29-36H2,1-8H3/q+4. The Hall–Kier alpha value is -3.56. The van der Waals surface area contributed by atoms with Crippen LogP contribution in [0.5, 0.6) is 0 Å². The van der Waals surface area contributed by atoms with Gasteiger partial charge in [-0.2, -0.15) is 9.13 Å². The fraction of sp³-hybridized carbons (Fsp3) is 0.381. The fourth-order valence-electron chi connectivity index (χ4n) is 5.29. The minimum atomic E-state index is 1.02. The summed E-state index contributed by atoms with van der Waals surface area (Å²) in [4.78, 5) is 4.25. The molecule has 2 aromatic heterocycles. The van der Waals surface area contributed by atoms with Crippen molar-refractivity contribution < 1.29 is 18.1 Å². The van der Waals surface area contributed by atoms with E-state index in [-0.39, 0.29) is 0 Å². The second-order valence-corrected chi connectivity index (χ2v) is 17.5. The molecule has 0 unspecified atom stereocenters. The van der Waals surface area contributed by atoms with Gasteiger partial charge in [0.25, 0.3) is 0 Å². The average molecular weight is 713 g/mol. The van der Waals surface area contributed by atoms with Gasteiger partial charge in [0.05, 0.1) is 52.8 Å². The van der Waals surface area contributed by atoms with E-state index < -0.39 is 0 Å². The van der Waals surface area contributed by atoms with Crippen LogP contribution < -0.4 is 18.9 Å². The summed E-state index contributed by atoms with van der Waals surface area (Å²) in [7, 11) is 21.8. The Balaban J connectivity index is 1.08. The van der Waals surface area contributed by atoms with E-state index >= 15 is 0 Å². The van der Waals surface area contributed by atoms with Crippen molar-refractivity contribution in [3.8, 4) is 0 Å². The zero-order chi connectivity index (χ0) is 36.0. The van der Waals surface area contributed by atoms with E-state index in [4.69, 9.17) is 0 Å². The Morgan fingerprint density at radius 2 is 0.760 bits per heavy atom. The zero-order valence-corrected chi connectivity index (χ0v) is 33.3. The van der Waals surface area contributed by atoms with E-state index in [1.807, 2.05) is 21.6 Å². The topological polar surface area (TPSA) is 14.2 Å². The van der Waals surface area contributed by atoms with Crippen LogP contribution >= 0.6 is 21.6 Å². The first-order chi connectivity index (χ1) is 23.9. The molecule has 0 saturated heterocycles. The lowest BCUT2D eigenvalue weighted by atomic mass is 10.1. The van der Waals surface area contributed by atoms with E-state index in [1.54, 1.807) is 0 Å². The SMILES string of the molecule is CN(C)c1ccc(/C=C/c2cc[n+](CC[N+](C)(C)CCSSCC[N+](C)(C)CC[n+]3ccc(/C=C/c4ccc(N(C)C)cc4)cc3)cc2)cc1. The third kappa shape index (κ3) is 14.0. The van der Waals surface area contributed by atoms with E-state index in [0.29, 0.717) is 0 Å². The van der Waals surface area contributed by atoms with E-state index in [2.05, 4.69) is 197 Å². The van der Waals surface area contributed by atoms with Crippen LogP contribution in [0.3, 0.4) is 0 Å². The average Bonchev–Trinajstić information content (AvgIpc) is 3.11. The first-order valence-corrected chi connectivity index (χ1v) is 20.1. The predicted octanol–water partition coefficient (Wildman–Crippen LogP) is 6.97. The molecule has 0 spiro atoms. The molecular formula is C42H60N6S2+4. The molecule has 0 bridgehead atoms. The van der Waals surface area contributed by atoms with Gasteiger partial charge in [0.1, 0.15) is 13.1 Å². The number of likely N-dealkylation sites (N-methyl/N-ethyl adjacent to an activating group) is 2. The molecule has 0 amide bonds. The number of nitrogens with zero attached hydrogens (tertiary/aromatic N) is 6. The molecule has 6 nitrogen and oxygen atoms in total. The highest BCUT2D eigenvalue weighted by Gasteiger charge is 2.19. The summed E-state index contributed by atoms with van der Waals surface area (Å²) in [6.07, 6.45) is 17.6. The molecule has 50 heavy (non-hydrogen) atoms. The molecule has 0 aliphatic carbocycles. The van der Waals surface area contributed by atoms with Gasteiger partial charge in [-0.3, -0.25) is 0 Å². The number of hydrogen-bond acceptors (Lipinski definition) is 4. The molecule has 8 heteroatoms. The second-order valence-electron chi connectivity index (χ2n) is 14.8. The van der Waals surface area contributed by atoms with Gasteiger partial charge >= 0.3 is 0 Å². The van der Waals surface area contributed by atoms with E-state index in [9.17, 15) is 0 Å². The molecule has 4 aromatic rings. The smallest absolute Gasteiger partial charge is 0.196 e. The zero-order valence-electron chi connectivity index (χ0n) is 31.7. The van der Waals surface area contributed by atoms with Gasteiger partial charge < -0.3 is 18.8 Å². The molecule has 0 fully saturated rings. The number of rotatable bonds is 19. The summed E-state index contributed by atoms with van der Waals surface area (Å²) in [6, 6.07) is 26.1. The highest BCUT2D eigenvalue weighted by molar-refractivity contribution is 8.76. The Morgan fingerprint density at radius 3 is 1.06 bits per heavy atom. The quantitative estimate of drug-likeness (QED) is 0.0452. The normalized spacial score (nSPS) is 12.2. The molecular weight excluding hydrogens is 653 g/mol. The van der Waals surface area contributed by atoms with Gasteiger partial charge in [0.2, 0.25) is 0 Å². The van der Waals surface area contributed by atoms with Gasteiger partial charge in [-0.05, 0) is 46.5 Å². The Kier molecular flexibility index (Phi) is 15.0. The molecule has 0 N–H and O–H groups in total. The third-order valence-electron chi connectivity index (χ3n) is 9.16. The molecule has 0 aliphatic heterocycles. The lowest BCUT2D eigenvalue weighted by molar-refractivity contribution is -0.907. The maximum atomic E-state index is 2.36. The number of benzene rings is 2. The molecule has 0 radical (unpaired) electrons. The summed E-state index contributed by atoms with van der Waals surface area (Å²) in [5.41, 5.74) is 7.32. The van der Waals surface area contributed by atoms with Gasteiger partial charge in [-0.1, -0.05) is 70.2 Å². The fourth-order valence-corrected chi connectivity index (χ4v) is 7.82. The molecule has 0 aliphatic rings. The largest absolute Gasteiger partial charge is 0.378 e. The van der Waals surface area contributed by atoms with Crippen molar-refractivity contribution in [1.29, 1.82) is 0 Å². The van der Waals surface area contributed by atoms with Gasteiger partial charge in [0.15, 0.2) is 37.9 Å². The van der Waals surface area contributed by atoms with Crippen LogP contribution in [0.25, 0.3) is 24.3 Å². The Bertz CT molecular complexity index is 1500. The molecule has 0 saturated carbocycles. The monoisotopic (exact) mass is 712 g/mol. The lowest BCUT2D eigenvalue weighted by Gasteiger charge is -2.29. The van der Waals surface area contributed by atoms with Crippen molar-refractivity contribution in [3.05, 3.63) is 120 Å². The summed E-state index contributed by atoms with van der Waals surface area (Å²) in [5, 5.41) is 0. The maximum absolute atomic E-state index is 2.36. The molecule has 266 valence electrons. The number of aromatic nitrogens is 2. The van der Waals surface area contributed by atoms with Crippen LogP contribution in [0.1, 0.15) is 22.3 Å². The third-order valence-corrected chi connectivity index (χ3v) is 11.5. The summed E-state index contributed by atoms with van der Waals surface area (Å²) >= 11 is 0. The lowest BCUT2D eigenvalue weighted by Crippen LogP contribution is -2.49. The van der Waals surface area contributed by atoms with Crippen molar-refractivity contribution in [2.75, 3.05) is 104 Å². The number of pyridine rings is 2. The minimum absolute atomic E-state index is 1.02. The Labute approximate surface area is 310 Å². The summed E-state index contributed by atoms with van der Waals surface area (Å²) in [5.74, 6) is 2.35. The summed E-state index contributed by atoms with van der Waals surface area (Å²) in [6.45, 7) is 6.63. The van der Waals surface area contributed by atoms with Crippen molar-refractivity contribution in [3.63, 3.8) is 0 Å². The van der Waals surface area contributed by atoms with E-state index in [1.165, 1.54) is 58.2 Å². The van der Waals surface area contributed by atoms with Crippen molar-refractivity contribution in [1.82, 2.24) is 0 Å². The van der Waals surface area contributed by atoms with Crippen LogP contribution in [-0.2, 0) is 13.1 Å². The molecule has 2 aromatic carbocycles.